The molecule has 7 nitrogen and oxygen atoms in total. The van der Waals surface area contributed by atoms with Gasteiger partial charge in [-0.25, -0.2) is 14.5 Å². The van der Waals surface area contributed by atoms with Gasteiger partial charge in [0.05, 0.1) is 18.3 Å². The predicted octanol–water partition coefficient (Wildman–Crippen LogP) is 6.85. The number of alkyl halides is 1. The van der Waals surface area contributed by atoms with Crippen molar-refractivity contribution in [1.29, 1.82) is 0 Å². The van der Waals surface area contributed by atoms with E-state index in [4.69, 9.17) is 32.7 Å². The third-order valence-electron chi connectivity index (χ3n) is 6.45. The van der Waals surface area contributed by atoms with Gasteiger partial charge in [-0.05, 0) is 56.5 Å². The lowest BCUT2D eigenvalue weighted by Crippen LogP contribution is -2.57. The highest BCUT2D eigenvalue weighted by atomic mass is 35.5. The highest BCUT2D eigenvalue weighted by Crippen LogP contribution is 2.51. The number of amides is 1. The van der Waals surface area contributed by atoms with Crippen LogP contribution in [0.5, 0.6) is 0 Å². The molecule has 1 aliphatic heterocycles. The van der Waals surface area contributed by atoms with E-state index in [1.807, 2.05) is 42.5 Å². The first-order chi connectivity index (χ1) is 19.0. The Hall–Kier alpha value is -3.39. The van der Waals surface area contributed by atoms with Crippen LogP contribution in [0.25, 0.3) is 0 Å². The van der Waals surface area contributed by atoms with Gasteiger partial charge in [0, 0.05) is 23.6 Å². The van der Waals surface area contributed by atoms with E-state index in [1.54, 1.807) is 58.0 Å². The first kappa shape index (κ1) is 29.6. The number of Topliss-reactive ketones (excluding diaryl/α,β-unsaturated/α-hetero) is 1. The molecule has 1 amide bonds. The zero-order valence-corrected chi connectivity index (χ0v) is 24.4. The Morgan fingerprint density at radius 2 is 1.62 bits per heavy atom. The summed E-state index contributed by atoms with van der Waals surface area (Å²) in [5, 5.41) is 3.73. The molecule has 0 fully saturated rings. The number of ketones is 1. The van der Waals surface area contributed by atoms with Crippen molar-refractivity contribution in [3.63, 3.8) is 0 Å². The van der Waals surface area contributed by atoms with Gasteiger partial charge in [0.1, 0.15) is 5.60 Å². The van der Waals surface area contributed by atoms with E-state index in [2.05, 4.69) is 5.32 Å². The minimum Gasteiger partial charge on any atom is -0.463 e. The standard InChI is InChI=1S/C31H32Cl2N2O5/c1-5-39-28(37)31(33)27(24-16-15-23(32)18-25(24)35(31)29(38)40-30(2,3)4)34-19-22-14-10-9-13-21(22)17-26(36)20-11-7-6-8-12-20/h6-16,18,27,34H,5,17,19H2,1-4H3. The number of rotatable bonds is 8. The third kappa shape index (κ3) is 6.17. The van der Waals surface area contributed by atoms with Gasteiger partial charge in [0.15, 0.2) is 5.78 Å². The summed E-state index contributed by atoms with van der Waals surface area (Å²) in [6.07, 6.45) is -0.607. The highest BCUT2D eigenvalue weighted by Gasteiger charge is 2.60. The second kappa shape index (κ2) is 12.0. The monoisotopic (exact) mass is 582 g/mol. The minimum absolute atomic E-state index is 0.0109. The van der Waals surface area contributed by atoms with Crippen molar-refractivity contribution in [3.8, 4) is 0 Å². The Kier molecular flexibility index (Phi) is 8.88. The lowest BCUT2D eigenvalue weighted by molar-refractivity contribution is -0.147. The zero-order chi connectivity index (χ0) is 29.1. The fraction of sp³-hybridized carbons (Fsp3) is 0.323. The van der Waals surface area contributed by atoms with E-state index in [9.17, 15) is 14.4 Å². The number of anilines is 1. The topological polar surface area (TPSA) is 84.9 Å². The lowest BCUT2D eigenvalue weighted by atomic mass is 9.97. The van der Waals surface area contributed by atoms with Crippen molar-refractivity contribution in [2.75, 3.05) is 11.5 Å². The van der Waals surface area contributed by atoms with Crippen LogP contribution < -0.4 is 10.2 Å². The number of nitrogens with one attached hydrogen (secondary N) is 1. The van der Waals surface area contributed by atoms with Crippen LogP contribution in [-0.4, -0.2) is 35.1 Å². The molecule has 1 heterocycles. The Labute approximate surface area is 244 Å². The molecule has 0 spiro atoms. The quantitative estimate of drug-likeness (QED) is 0.135. The van der Waals surface area contributed by atoms with E-state index in [0.29, 0.717) is 21.8 Å². The number of benzene rings is 3. The molecule has 3 aromatic rings. The summed E-state index contributed by atoms with van der Waals surface area (Å²) in [7, 11) is 0. The number of halogens is 2. The van der Waals surface area contributed by atoms with Crippen LogP contribution in [0, 0.1) is 0 Å². The summed E-state index contributed by atoms with van der Waals surface area (Å²) in [6, 6.07) is 20.7. The van der Waals surface area contributed by atoms with Gasteiger partial charge in [-0.2, -0.15) is 0 Å². The molecule has 40 heavy (non-hydrogen) atoms. The maximum absolute atomic E-state index is 13.5. The molecular weight excluding hydrogens is 551 g/mol. The number of carbonyl (C=O) groups is 3. The van der Waals surface area contributed by atoms with Gasteiger partial charge in [-0.1, -0.05) is 83.9 Å². The second-order valence-electron chi connectivity index (χ2n) is 10.5. The molecule has 0 aliphatic carbocycles. The summed E-state index contributed by atoms with van der Waals surface area (Å²) in [5.74, 6) is -0.817. The molecule has 2 unspecified atom stereocenters. The molecule has 0 saturated heterocycles. The zero-order valence-electron chi connectivity index (χ0n) is 22.9. The summed E-state index contributed by atoms with van der Waals surface area (Å²) < 4.78 is 11.0. The largest absolute Gasteiger partial charge is 0.463 e. The SMILES string of the molecule is CCOC(=O)C1(Cl)C(NCc2ccccc2CC(=O)c2ccccc2)c2ccc(Cl)cc2N1C(=O)OC(C)(C)C. The summed E-state index contributed by atoms with van der Waals surface area (Å²) in [5.41, 5.74) is 2.38. The average Bonchev–Trinajstić information content (AvgIpc) is 3.15. The summed E-state index contributed by atoms with van der Waals surface area (Å²) in [6.45, 7) is 7.15. The van der Waals surface area contributed by atoms with Gasteiger partial charge in [0.25, 0.3) is 0 Å². The normalized spacial score (nSPS) is 18.2. The smallest absolute Gasteiger partial charge is 0.416 e. The van der Waals surface area contributed by atoms with Gasteiger partial charge in [0.2, 0.25) is 5.00 Å². The van der Waals surface area contributed by atoms with E-state index in [1.165, 1.54) is 0 Å². The van der Waals surface area contributed by atoms with Crippen LogP contribution in [-0.2, 0) is 27.2 Å². The third-order valence-corrected chi connectivity index (χ3v) is 7.23. The first-order valence-corrected chi connectivity index (χ1v) is 13.8. The van der Waals surface area contributed by atoms with E-state index in [-0.39, 0.29) is 25.4 Å². The van der Waals surface area contributed by atoms with Crippen molar-refractivity contribution >= 4 is 46.7 Å². The highest BCUT2D eigenvalue weighted by molar-refractivity contribution is 6.39. The van der Waals surface area contributed by atoms with Gasteiger partial charge >= 0.3 is 12.1 Å². The lowest BCUT2D eigenvalue weighted by Gasteiger charge is -2.36. The maximum atomic E-state index is 13.5. The molecule has 0 aromatic heterocycles. The molecular formula is C31H32Cl2N2O5. The Morgan fingerprint density at radius 3 is 2.27 bits per heavy atom. The molecule has 0 bridgehead atoms. The second-order valence-corrected chi connectivity index (χ2v) is 11.5. The first-order valence-electron chi connectivity index (χ1n) is 13.0. The van der Waals surface area contributed by atoms with Crippen LogP contribution in [0.15, 0.2) is 72.8 Å². The van der Waals surface area contributed by atoms with Crippen molar-refractivity contribution < 1.29 is 23.9 Å². The molecule has 1 aliphatic rings. The Balaban J connectivity index is 1.70. The van der Waals surface area contributed by atoms with Crippen LogP contribution in [0.2, 0.25) is 5.02 Å². The Morgan fingerprint density at radius 1 is 0.975 bits per heavy atom. The molecule has 4 rings (SSSR count). The average molecular weight is 584 g/mol. The molecule has 2 atom stereocenters. The van der Waals surface area contributed by atoms with Crippen molar-refractivity contribution in [2.45, 2.75) is 57.3 Å². The molecule has 1 N–H and O–H groups in total. The van der Waals surface area contributed by atoms with Crippen LogP contribution in [0.4, 0.5) is 10.5 Å². The van der Waals surface area contributed by atoms with Crippen molar-refractivity contribution in [3.05, 3.63) is 100 Å². The number of esters is 1. The predicted molar refractivity (Wildman–Crippen MR) is 156 cm³/mol. The fourth-order valence-corrected chi connectivity index (χ4v) is 5.28. The summed E-state index contributed by atoms with van der Waals surface area (Å²) in [4.78, 5) is 39.0. The number of fused-ring (bicyclic) bond motifs is 1. The van der Waals surface area contributed by atoms with E-state index >= 15 is 0 Å². The van der Waals surface area contributed by atoms with Gasteiger partial charge in [-0.3, -0.25) is 4.79 Å². The number of nitrogens with zero attached hydrogens (tertiary/aromatic N) is 1. The fourth-order valence-electron chi connectivity index (χ4n) is 4.70. The number of hydrogen-bond acceptors (Lipinski definition) is 6. The van der Waals surface area contributed by atoms with Gasteiger partial charge < -0.3 is 14.8 Å². The van der Waals surface area contributed by atoms with E-state index < -0.39 is 28.7 Å². The molecule has 210 valence electrons. The van der Waals surface area contributed by atoms with Gasteiger partial charge in [-0.15, -0.1) is 0 Å². The number of carbonyl (C=O) groups excluding carboxylic acids is 3. The van der Waals surface area contributed by atoms with E-state index in [0.717, 1.165) is 16.0 Å². The molecule has 3 aromatic carbocycles. The minimum atomic E-state index is -2.00. The van der Waals surface area contributed by atoms with Crippen LogP contribution in [0.1, 0.15) is 60.8 Å². The van der Waals surface area contributed by atoms with Crippen molar-refractivity contribution in [1.82, 2.24) is 5.32 Å². The molecule has 0 saturated carbocycles. The maximum Gasteiger partial charge on any atom is 0.416 e. The van der Waals surface area contributed by atoms with Crippen LogP contribution in [0.3, 0.4) is 0 Å². The van der Waals surface area contributed by atoms with Crippen LogP contribution >= 0.6 is 23.2 Å². The van der Waals surface area contributed by atoms with Crippen molar-refractivity contribution in [2.24, 2.45) is 0 Å². The molecule has 0 radical (unpaired) electrons. The summed E-state index contributed by atoms with van der Waals surface area (Å²) >= 11 is 13.4. The number of hydrogen-bond donors (Lipinski definition) is 1. The Bertz CT molecular complexity index is 1410. The molecule has 9 heteroatoms. The number of ether oxygens (including phenoxy) is 2.